The summed E-state index contributed by atoms with van der Waals surface area (Å²) in [6, 6.07) is 81.9. The van der Waals surface area contributed by atoms with Crippen LogP contribution in [-0.4, -0.2) is 19.5 Å². The molecule has 0 unspecified atom stereocenters. The van der Waals surface area contributed by atoms with E-state index < -0.39 is 0 Å². The normalized spacial score (nSPS) is 11.8. The zero-order chi connectivity index (χ0) is 44.7. The molecular weight excluding hydrogens is 829 g/mol. The number of fused-ring (bicyclic) bond motifs is 12. The molecule has 0 spiro atoms. The first-order chi connectivity index (χ1) is 33.7. The molecule has 5 heteroatoms. The molecule has 5 nitrogen and oxygen atoms in total. The topological polar surface area (TPSA) is 56.7 Å². The Morgan fingerprint density at radius 3 is 1.47 bits per heavy atom. The van der Waals surface area contributed by atoms with Crippen molar-refractivity contribution in [1.82, 2.24) is 19.5 Å². The molecule has 0 aliphatic heterocycles. The minimum Gasteiger partial charge on any atom is -0.455 e. The monoisotopic (exact) mass is 866 g/mol. The van der Waals surface area contributed by atoms with Gasteiger partial charge in [0.2, 0.25) is 0 Å². The van der Waals surface area contributed by atoms with Crippen LogP contribution in [0.1, 0.15) is 0 Å². The zero-order valence-electron chi connectivity index (χ0n) is 36.6. The molecule has 3 aromatic heterocycles. The lowest BCUT2D eigenvalue weighted by Gasteiger charge is -2.16. The molecule has 0 amide bonds. The number of furan rings is 1. The zero-order valence-corrected chi connectivity index (χ0v) is 36.6. The molecule has 0 fully saturated rings. The van der Waals surface area contributed by atoms with Crippen LogP contribution in [0.25, 0.3) is 138 Å². The molecule has 11 aromatic carbocycles. The minimum absolute atomic E-state index is 0.556. The van der Waals surface area contributed by atoms with Gasteiger partial charge in [0.15, 0.2) is 17.5 Å². The van der Waals surface area contributed by atoms with Crippen LogP contribution in [0.15, 0.2) is 235 Å². The van der Waals surface area contributed by atoms with Crippen molar-refractivity contribution in [2.45, 2.75) is 0 Å². The summed E-state index contributed by atoms with van der Waals surface area (Å²) in [4.78, 5) is 15.8. The second kappa shape index (κ2) is 15.2. The Labute approximate surface area is 390 Å². The Morgan fingerprint density at radius 2 is 0.794 bits per heavy atom. The van der Waals surface area contributed by atoms with E-state index in [0.29, 0.717) is 17.5 Å². The second-order valence-corrected chi connectivity index (χ2v) is 17.5. The van der Waals surface area contributed by atoms with Crippen LogP contribution in [0.4, 0.5) is 0 Å². The fourth-order valence-electron chi connectivity index (χ4n) is 10.5. The Bertz CT molecular complexity index is 4210. The highest BCUT2D eigenvalue weighted by Gasteiger charge is 2.22. The van der Waals surface area contributed by atoms with Gasteiger partial charge in [0.1, 0.15) is 11.2 Å². The molecule has 0 aliphatic rings. The van der Waals surface area contributed by atoms with Crippen molar-refractivity contribution in [2.75, 3.05) is 0 Å². The van der Waals surface area contributed by atoms with Crippen LogP contribution in [0.3, 0.4) is 0 Å². The number of hydrogen-bond acceptors (Lipinski definition) is 4. The van der Waals surface area contributed by atoms with Crippen LogP contribution < -0.4 is 0 Å². The maximum absolute atomic E-state index is 6.55. The molecule has 0 saturated heterocycles. The number of aromatic nitrogens is 4. The van der Waals surface area contributed by atoms with E-state index in [2.05, 4.69) is 193 Å². The molecule has 0 radical (unpaired) electrons. The Balaban J connectivity index is 1.02. The first-order valence-corrected chi connectivity index (χ1v) is 23.0. The first-order valence-electron chi connectivity index (χ1n) is 23.0. The molecule has 68 heavy (non-hydrogen) atoms. The fraction of sp³-hybridized carbons (Fsp3) is 0. The smallest absolute Gasteiger partial charge is 0.167 e. The maximum atomic E-state index is 6.55. The van der Waals surface area contributed by atoms with Gasteiger partial charge in [-0.2, -0.15) is 0 Å². The highest BCUT2D eigenvalue weighted by Crippen LogP contribution is 2.43. The molecule has 3 heterocycles. The Morgan fingerprint density at radius 1 is 0.294 bits per heavy atom. The van der Waals surface area contributed by atoms with E-state index in [-0.39, 0.29) is 0 Å². The summed E-state index contributed by atoms with van der Waals surface area (Å²) in [6.07, 6.45) is 0. The maximum Gasteiger partial charge on any atom is 0.167 e. The lowest BCUT2D eigenvalue weighted by atomic mass is 9.91. The summed E-state index contributed by atoms with van der Waals surface area (Å²) in [6.45, 7) is 0. The molecule has 0 bridgehead atoms. The van der Waals surface area contributed by atoms with Crippen molar-refractivity contribution in [3.63, 3.8) is 0 Å². The lowest BCUT2D eigenvalue weighted by Crippen LogP contribution is -2.01. The van der Waals surface area contributed by atoms with Crippen LogP contribution in [-0.2, 0) is 0 Å². The average molecular weight is 867 g/mol. The molecule has 14 rings (SSSR count). The Kier molecular flexibility index (Phi) is 8.52. The summed E-state index contributed by atoms with van der Waals surface area (Å²) in [7, 11) is 0. The molecule has 14 aromatic rings. The van der Waals surface area contributed by atoms with Gasteiger partial charge < -0.3 is 8.98 Å². The quantitative estimate of drug-likeness (QED) is 0.156. The Hall–Kier alpha value is -9.19. The lowest BCUT2D eigenvalue weighted by molar-refractivity contribution is 0.669. The van der Waals surface area contributed by atoms with Gasteiger partial charge >= 0.3 is 0 Å². The predicted octanol–water partition coefficient (Wildman–Crippen LogP) is 16.7. The van der Waals surface area contributed by atoms with Gasteiger partial charge in [0, 0.05) is 43.7 Å². The van der Waals surface area contributed by atoms with E-state index in [9.17, 15) is 0 Å². The van der Waals surface area contributed by atoms with Crippen molar-refractivity contribution in [3.8, 4) is 62.1 Å². The van der Waals surface area contributed by atoms with E-state index in [0.717, 1.165) is 76.9 Å². The van der Waals surface area contributed by atoms with Crippen LogP contribution >= 0.6 is 0 Å². The van der Waals surface area contributed by atoms with Gasteiger partial charge in [-0.3, -0.25) is 0 Å². The molecule has 0 aliphatic carbocycles. The summed E-state index contributed by atoms with van der Waals surface area (Å²) < 4.78 is 8.98. The molecule has 0 atom stereocenters. The van der Waals surface area contributed by atoms with Gasteiger partial charge in [0.25, 0.3) is 0 Å². The predicted molar refractivity (Wildman–Crippen MR) is 281 cm³/mol. The van der Waals surface area contributed by atoms with Crippen molar-refractivity contribution >= 4 is 76.1 Å². The number of para-hydroxylation sites is 2. The molecular formula is C63H38N4O. The highest BCUT2D eigenvalue weighted by atomic mass is 16.3. The number of rotatable bonds is 6. The number of benzene rings is 11. The third kappa shape index (κ3) is 5.99. The van der Waals surface area contributed by atoms with E-state index in [1.807, 2.05) is 42.5 Å². The van der Waals surface area contributed by atoms with Crippen molar-refractivity contribution in [2.24, 2.45) is 0 Å². The van der Waals surface area contributed by atoms with Gasteiger partial charge in [-0.05, 0) is 97.7 Å². The second-order valence-electron chi connectivity index (χ2n) is 17.5. The first kappa shape index (κ1) is 38.1. The molecule has 0 saturated carbocycles. The summed E-state index contributed by atoms with van der Waals surface area (Å²) in [5.74, 6) is 1.75. The van der Waals surface area contributed by atoms with E-state index in [1.165, 1.54) is 43.8 Å². The van der Waals surface area contributed by atoms with Gasteiger partial charge in [-0.15, -0.1) is 0 Å². The summed E-state index contributed by atoms with van der Waals surface area (Å²) in [5.41, 5.74) is 12.4. The van der Waals surface area contributed by atoms with Gasteiger partial charge in [0.05, 0.1) is 16.6 Å². The average Bonchev–Trinajstić information content (AvgIpc) is 3.96. The van der Waals surface area contributed by atoms with Crippen LogP contribution in [0.5, 0.6) is 0 Å². The fourth-order valence-corrected chi connectivity index (χ4v) is 10.5. The highest BCUT2D eigenvalue weighted by molar-refractivity contribution is 6.28. The number of nitrogens with zero attached hydrogens (tertiary/aromatic N) is 4. The van der Waals surface area contributed by atoms with E-state index >= 15 is 0 Å². The molecule has 0 N–H and O–H groups in total. The SMILES string of the molecule is c1ccc(-c2ccc3c(c2)c2cc(-c4ccccc4)ccc2n3-c2ccc3c4ccccc4c4c(-c5nc(-c6ccccc6)nc(-c6cccc7c6oc6ccccc67)n5)cccc4c3c2)cc1. The van der Waals surface area contributed by atoms with Crippen LogP contribution in [0.2, 0.25) is 0 Å². The van der Waals surface area contributed by atoms with Crippen LogP contribution in [0, 0.1) is 0 Å². The van der Waals surface area contributed by atoms with Crippen molar-refractivity contribution in [1.29, 1.82) is 0 Å². The minimum atomic E-state index is 0.556. The standard InChI is InChI=1S/C63H38N4O/c1-4-16-39(17-5-1)42-30-34-56-54(36-42)55-37-43(40-18-6-2-7-19-40)31-35-57(55)67(56)44-32-33-46-45-22-10-11-24-48(45)59-49(53(46)38-44)25-14-27-51(59)62-64-61(41-20-8-3-9-21-41)65-63(66-62)52-28-15-26-50-47-23-12-13-29-58(47)68-60(50)52/h1-38H. The van der Waals surface area contributed by atoms with Gasteiger partial charge in [-0.1, -0.05) is 182 Å². The van der Waals surface area contributed by atoms with Crippen molar-refractivity contribution in [3.05, 3.63) is 231 Å². The third-order valence-electron chi connectivity index (χ3n) is 13.6. The number of hydrogen-bond donors (Lipinski definition) is 0. The van der Waals surface area contributed by atoms with Gasteiger partial charge in [-0.25, -0.2) is 15.0 Å². The summed E-state index contributed by atoms with van der Waals surface area (Å²) in [5, 5.41) is 11.4. The van der Waals surface area contributed by atoms with Crippen molar-refractivity contribution < 1.29 is 4.42 Å². The van der Waals surface area contributed by atoms with E-state index in [1.54, 1.807) is 0 Å². The molecule has 316 valence electrons. The summed E-state index contributed by atoms with van der Waals surface area (Å²) >= 11 is 0. The third-order valence-corrected chi connectivity index (χ3v) is 13.6. The van der Waals surface area contributed by atoms with E-state index in [4.69, 9.17) is 19.4 Å². The largest absolute Gasteiger partial charge is 0.455 e.